The molecule has 0 spiro atoms. The summed E-state index contributed by atoms with van der Waals surface area (Å²) in [6, 6.07) is 7.54. The Morgan fingerprint density at radius 2 is 2.04 bits per heavy atom. The summed E-state index contributed by atoms with van der Waals surface area (Å²) in [4.78, 5) is 28.3. The van der Waals surface area contributed by atoms with Crippen LogP contribution >= 0.6 is 23.5 Å². The number of carbonyl (C=O) groups excluding carboxylic acids is 2. The van der Waals surface area contributed by atoms with Crippen molar-refractivity contribution in [2.24, 2.45) is 10.9 Å². The summed E-state index contributed by atoms with van der Waals surface area (Å²) < 4.78 is 0.855. The van der Waals surface area contributed by atoms with E-state index < -0.39 is 6.03 Å². The topological polar surface area (TPSA) is 70.6 Å². The molecule has 1 aromatic carbocycles. The summed E-state index contributed by atoms with van der Waals surface area (Å²) in [6.07, 6.45) is 0. The van der Waals surface area contributed by atoms with Crippen LogP contribution in [0.1, 0.15) is 26.3 Å². The van der Waals surface area contributed by atoms with E-state index in [-0.39, 0.29) is 11.2 Å². The second-order valence-corrected chi connectivity index (χ2v) is 8.20. The Labute approximate surface area is 145 Å². The molecule has 0 fully saturated rings. The number of benzene rings is 1. The zero-order valence-electron chi connectivity index (χ0n) is 13.5. The van der Waals surface area contributed by atoms with Crippen molar-refractivity contribution >= 4 is 45.5 Å². The van der Waals surface area contributed by atoms with Gasteiger partial charge in [0.2, 0.25) is 5.91 Å². The van der Waals surface area contributed by atoms with Gasteiger partial charge >= 0.3 is 6.03 Å². The van der Waals surface area contributed by atoms with Gasteiger partial charge in [-0.2, -0.15) is 0 Å². The van der Waals surface area contributed by atoms with Crippen LogP contribution in [0.4, 0.5) is 10.5 Å². The Kier molecular flexibility index (Phi) is 6.53. The van der Waals surface area contributed by atoms with E-state index in [0.29, 0.717) is 12.5 Å². The minimum Gasteiger partial charge on any atom is -0.338 e. The van der Waals surface area contributed by atoms with Crippen LogP contribution in [0.3, 0.4) is 0 Å². The van der Waals surface area contributed by atoms with Crippen LogP contribution < -0.4 is 10.6 Å². The summed E-state index contributed by atoms with van der Waals surface area (Å²) >= 11 is 3.00. The molecule has 124 valence electrons. The van der Waals surface area contributed by atoms with E-state index in [1.165, 1.54) is 17.3 Å². The highest BCUT2D eigenvalue weighted by Gasteiger charge is 2.21. The number of amides is 3. The molecule has 3 amide bonds. The Hall–Kier alpha value is -1.47. The molecular formula is C16H21N3O2S2. The van der Waals surface area contributed by atoms with Crippen LogP contribution in [-0.2, 0) is 10.5 Å². The second kappa shape index (κ2) is 8.40. The Morgan fingerprint density at radius 3 is 2.78 bits per heavy atom. The Morgan fingerprint density at radius 1 is 1.30 bits per heavy atom. The van der Waals surface area contributed by atoms with Crippen LogP contribution in [0.15, 0.2) is 29.3 Å². The van der Waals surface area contributed by atoms with Crippen LogP contribution in [0, 0.1) is 5.92 Å². The number of imide groups is 1. The Bertz CT molecular complexity index is 617. The highest BCUT2D eigenvalue weighted by Crippen LogP contribution is 2.35. The minimum atomic E-state index is -0.445. The molecule has 0 bridgehead atoms. The first-order valence-corrected chi connectivity index (χ1v) is 9.37. The highest BCUT2D eigenvalue weighted by atomic mass is 32.2. The smallest absolute Gasteiger partial charge is 0.321 e. The van der Waals surface area contributed by atoms with Gasteiger partial charge in [0.25, 0.3) is 0 Å². The largest absolute Gasteiger partial charge is 0.338 e. The van der Waals surface area contributed by atoms with Gasteiger partial charge in [0, 0.05) is 12.3 Å². The lowest BCUT2D eigenvalue weighted by molar-refractivity contribution is -0.119. The van der Waals surface area contributed by atoms with E-state index in [1.54, 1.807) is 18.7 Å². The van der Waals surface area contributed by atoms with E-state index >= 15 is 0 Å². The number of urea groups is 1. The average Bonchev–Trinajstić information content (AvgIpc) is 2.52. The normalized spacial score (nSPS) is 14.7. The number of nitrogens with zero attached hydrogens (tertiary/aromatic N) is 1. The molecule has 0 unspecified atom stereocenters. The maximum atomic E-state index is 12.1. The zero-order valence-corrected chi connectivity index (χ0v) is 15.1. The fourth-order valence-corrected chi connectivity index (χ4v) is 4.02. The maximum absolute atomic E-state index is 12.1. The Balaban J connectivity index is 1.87. The summed E-state index contributed by atoms with van der Waals surface area (Å²) in [5.41, 5.74) is 2.16. The lowest BCUT2D eigenvalue weighted by atomic mass is 10.2. The number of carbonyl (C=O) groups is 2. The molecule has 1 heterocycles. The molecule has 0 aliphatic carbocycles. The molecule has 1 atom stereocenters. The number of aliphatic imine (C=N–C) groups is 1. The minimum absolute atomic E-state index is 0.307. The van der Waals surface area contributed by atoms with Crippen molar-refractivity contribution in [3.05, 3.63) is 29.8 Å². The molecule has 2 rings (SSSR count). The lowest BCUT2D eigenvalue weighted by Crippen LogP contribution is -2.43. The molecule has 1 aliphatic heterocycles. The van der Waals surface area contributed by atoms with E-state index in [2.05, 4.69) is 21.7 Å². The number of hydrogen-bond acceptors (Lipinski definition) is 5. The SMILES string of the molecule is CC(C)CNC(=O)NC(=O)[C@H](C)SC1=Nc2ccccc2CS1. The fourth-order valence-electron chi connectivity index (χ4n) is 1.83. The van der Waals surface area contributed by atoms with Crippen LogP contribution in [0.2, 0.25) is 0 Å². The van der Waals surface area contributed by atoms with E-state index in [4.69, 9.17) is 0 Å². The molecule has 7 heteroatoms. The van der Waals surface area contributed by atoms with Crippen molar-refractivity contribution in [1.82, 2.24) is 10.6 Å². The first kappa shape index (κ1) is 17.9. The van der Waals surface area contributed by atoms with Gasteiger partial charge in [0.1, 0.15) is 4.38 Å². The molecule has 0 aromatic heterocycles. The van der Waals surface area contributed by atoms with Crippen molar-refractivity contribution in [3.8, 4) is 0 Å². The van der Waals surface area contributed by atoms with Crippen molar-refractivity contribution in [2.75, 3.05) is 6.54 Å². The first-order valence-electron chi connectivity index (χ1n) is 7.50. The number of fused-ring (bicyclic) bond motifs is 1. The van der Waals surface area contributed by atoms with Gasteiger partial charge in [-0.05, 0) is 24.5 Å². The predicted molar refractivity (Wildman–Crippen MR) is 98.3 cm³/mol. The third kappa shape index (κ3) is 5.58. The van der Waals surface area contributed by atoms with Gasteiger partial charge in [0.15, 0.2) is 0 Å². The summed E-state index contributed by atoms with van der Waals surface area (Å²) in [6.45, 7) is 6.31. The van der Waals surface area contributed by atoms with E-state index in [0.717, 1.165) is 15.8 Å². The van der Waals surface area contributed by atoms with Gasteiger partial charge in [-0.1, -0.05) is 55.6 Å². The van der Waals surface area contributed by atoms with Crippen molar-refractivity contribution < 1.29 is 9.59 Å². The number of hydrogen-bond donors (Lipinski definition) is 2. The number of nitrogens with one attached hydrogen (secondary N) is 2. The van der Waals surface area contributed by atoms with Gasteiger partial charge < -0.3 is 5.32 Å². The quantitative estimate of drug-likeness (QED) is 0.871. The van der Waals surface area contributed by atoms with Crippen LogP contribution in [0.5, 0.6) is 0 Å². The molecule has 23 heavy (non-hydrogen) atoms. The highest BCUT2D eigenvalue weighted by molar-refractivity contribution is 8.39. The van der Waals surface area contributed by atoms with Crippen LogP contribution in [-0.4, -0.2) is 28.1 Å². The van der Waals surface area contributed by atoms with Gasteiger partial charge in [-0.3, -0.25) is 10.1 Å². The molecule has 5 nitrogen and oxygen atoms in total. The van der Waals surface area contributed by atoms with Gasteiger partial charge in [0.05, 0.1) is 10.9 Å². The first-order chi connectivity index (χ1) is 11.0. The summed E-state index contributed by atoms with van der Waals surface area (Å²) in [5, 5.41) is 4.66. The number of rotatable bonds is 4. The van der Waals surface area contributed by atoms with E-state index in [9.17, 15) is 9.59 Å². The molecule has 0 saturated carbocycles. The van der Waals surface area contributed by atoms with Crippen molar-refractivity contribution in [1.29, 1.82) is 0 Å². The summed E-state index contributed by atoms with van der Waals surface area (Å²) in [5.74, 6) is 0.889. The van der Waals surface area contributed by atoms with E-state index in [1.807, 2.05) is 32.0 Å². The predicted octanol–water partition coefficient (Wildman–Crippen LogP) is 3.52. The average molecular weight is 351 g/mol. The maximum Gasteiger partial charge on any atom is 0.321 e. The fraction of sp³-hybridized carbons (Fsp3) is 0.438. The van der Waals surface area contributed by atoms with Gasteiger partial charge in [-0.25, -0.2) is 9.79 Å². The molecule has 1 aromatic rings. The molecular weight excluding hydrogens is 330 g/mol. The number of thioether (sulfide) groups is 2. The third-order valence-corrected chi connectivity index (χ3v) is 5.41. The standard InChI is InChI=1S/C16H21N3O2S2/c1-10(2)8-17-15(21)19-14(20)11(3)23-16-18-13-7-5-4-6-12(13)9-22-16/h4-7,10-11H,8-9H2,1-3H3,(H2,17,19,20,21)/t11-/m0/s1. The van der Waals surface area contributed by atoms with Crippen molar-refractivity contribution in [3.63, 3.8) is 0 Å². The number of para-hydroxylation sites is 1. The van der Waals surface area contributed by atoms with Crippen molar-refractivity contribution in [2.45, 2.75) is 31.8 Å². The molecule has 2 N–H and O–H groups in total. The zero-order chi connectivity index (χ0) is 16.8. The monoisotopic (exact) mass is 351 g/mol. The molecule has 1 aliphatic rings. The molecule has 0 saturated heterocycles. The third-order valence-electron chi connectivity index (χ3n) is 3.11. The van der Waals surface area contributed by atoms with Gasteiger partial charge in [-0.15, -0.1) is 0 Å². The van der Waals surface area contributed by atoms with Crippen LogP contribution in [0.25, 0.3) is 0 Å². The second-order valence-electron chi connectivity index (χ2n) is 5.65. The lowest BCUT2D eigenvalue weighted by Gasteiger charge is -2.17. The molecule has 0 radical (unpaired) electrons. The summed E-state index contributed by atoms with van der Waals surface area (Å²) in [7, 11) is 0.